The molecule has 0 aliphatic carbocycles. The van der Waals surface area contributed by atoms with Crippen LogP contribution in [-0.2, 0) is 0 Å². The molecule has 0 bridgehead atoms. The van der Waals surface area contributed by atoms with E-state index in [0.29, 0.717) is 10.0 Å². The molecule has 71 valence electrons. The van der Waals surface area contributed by atoms with Gasteiger partial charge in [-0.2, -0.15) is 0 Å². The third-order valence-electron chi connectivity index (χ3n) is 1.58. The van der Waals surface area contributed by atoms with E-state index in [9.17, 15) is 0 Å². The minimum Gasteiger partial charge on any atom is -0.0840 e. The van der Waals surface area contributed by atoms with Crippen molar-refractivity contribution in [2.24, 2.45) is 5.41 Å². The van der Waals surface area contributed by atoms with Crippen molar-refractivity contribution in [2.45, 2.75) is 20.8 Å². The summed E-state index contributed by atoms with van der Waals surface area (Å²) < 4.78 is 0. The monoisotopic (exact) mass is 215 g/mol. The van der Waals surface area contributed by atoms with Gasteiger partial charge in [0.1, 0.15) is 0 Å². The first kappa shape index (κ1) is 10.9. The van der Waals surface area contributed by atoms with Crippen LogP contribution in [-0.4, -0.2) is 0 Å². The second kappa shape index (κ2) is 3.89. The van der Waals surface area contributed by atoms with Crippen molar-refractivity contribution in [3.63, 3.8) is 0 Å². The molecule has 1 aromatic carbocycles. The molecule has 0 atom stereocenters. The van der Waals surface area contributed by atoms with Gasteiger partial charge in [-0.3, -0.25) is 0 Å². The van der Waals surface area contributed by atoms with Gasteiger partial charge in [0.25, 0.3) is 0 Å². The molecule has 0 heterocycles. The highest BCUT2D eigenvalue weighted by Crippen LogP contribution is 2.32. The van der Waals surface area contributed by atoms with E-state index in [-0.39, 0.29) is 5.41 Å². The van der Waals surface area contributed by atoms with Crippen LogP contribution < -0.4 is 0 Å². The highest BCUT2D eigenvalue weighted by molar-refractivity contribution is 6.36. The maximum Gasteiger partial charge on any atom is 0.0456 e. The molecule has 1 radical (unpaired) electrons. The zero-order chi connectivity index (χ0) is 10.1. The third-order valence-corrected chi connectivity index (χ3v) is 2.24. The summed E-state index contributed by atoms with van der Waals surface area (Å²) in [6.07, 6.45) is 2.08. The molecule has 0 aliphatic rings. The van der Waals surface area contributed by atoms with Gasteiger partial charge < -0.3 is 0 Å². The molecule has 0 saturated carbocycles. The average molecular weight is 216 g/mol. The van der Waals surface area contributed by atoms with Crippen LogP contribution in [0, 0.1) is 11.8 Å². The molecular weight excluding hydrogens is 203 g/mol. The summed E-state index contributed by atoms with van der Waals surface area (Å²) in [5.41, 5.74) is 1.02. The Bertz CT molecular complexity index is 277. The molecule has 0 aromatic heterocycles. The Hall–Kier alpha value is -0.200. The Balaban J connectivity index is 3.00. The minimum atomic E-state index is 0.0919. The summed E-state index contributed by atoms with van der Waals surface area (Å²) in [7, 11) is 0. The summed E-state index contributed by atoms with van der Waals surface area (Å²) >= 11 is 12.0. The maximum atomic E-state index is 6.02. The Morgan fingerprint density at radius 3 is 1.92 bits per heavy atom. The molecule has 0 amide bonds. The molecular formula is C11H13Cl2. The molecule has 0 saturated heterocycles. The number of halogens is 2. The van der Waals surface area contributed by atoms with Gasteiger partial charge in [0, 0.05) is 10.0 Å². The molecule has 0 N–H and O–H groups in total. The molecule has 13 heavy (non-hydrogen) atoms. The fraction of sp³-hybridized carbons (Fsp3) is 0.364. The van der Waals surface area contributed by atoms with E-state index in [1.807, 2.05) is 18.2 Å². The van der Waals surface area contributed by atoms with Crippen LogP contribution in [0.1, 0.15) is 26.3 Å². The van der Waals surface area contributed by atoms with Gasteiger partial charge in [0.2, 0.25) is 0 Å². The first-order valence-corrected chi connectivity index (χ1v) is 4.96. The standard InChI is InChI=1S/C11H13Cl2/c1-11(2,3)7-8-9(12)5-4-6-10(8)13/h4-7H,1-3H3. The van der Waals surface area contributed by atoms with Crippen molar-refractivity contribution in [3.8, 4) is 0 Å². The Morgan fingerprint density at radius 2 is 1.54 bits per heavy atom. The van der Waals surface area contributed by atoms with Crippen molar-refractivity contribution < 1.29 is 0 Å². The molecule has 1 rings (SSSR count). The van der Waals surface area contributed by atoms with E-state index < -0.39 is 0 Å². The number of benzene rings is 1. The minimum absolute atomic E-state index is 0.0919. The van der Waals surface area contributed by atoms with Crippen LogP contribution in [0.5, 0.6) is 0 Å². The van der Waals surface area contributed by atoms with Crippen molar-refractivity contribution in [3.05, 3.63) is 40.2 Å². The number of hydrogen-bond donors (Lipinski definition) is 0. The van der Waals surface area contributed by atoms with Crippen LogP contribution >= 0.6 is 23.2 Å². The SMILES string of the molecule is CC(C)(C)[CH]c1c(Cl)cccc1Cl. The van der Waals surface area contributed by atoms with Gasteiger partial charge in [-0.15, -0.1) is 0 Å². The second-order valence-corrected chi connectivity index (χ2v) is 4.96. The van der Waals surface area contributed by atoms with Crippen molar-refractivity contribution in [1.82, 2.24) is 0 Å². The Kier molecular flexibility index (Phi) is 3.26. The van der Waals surface area contributed by atoms with E-state index in [4.69, 9.17) is 23.2 Å². The molecule has 0 nitrogen and oxygen atoms in total. The van der Waals surface area contributed by atoms with E-state index in [1.165, 1.54) is 0 Å². The first-order chi connectivity index (χ1) is 5.90. The highest BCUT2D eigenvalue weighted by Gasteiger charge is 2.16. The lowest BCUT2D eigenvalue weighted by Crippen LogP contribution is -2.07. The quantitative estimate of drug-likeness (QED) is 0.643. The van der Waals surface area contributed by atoms with Crippen LogP contribution in [0.3, 0.4) is 0 Å². The zero-order valence-corrected chi connectivity index (χ0v) is 9.58. The van der Waals surface area contributed by atoms with Gasteiger partial charge in [0.15, 0.2) is 0 Å². The summed E-state index contributed by atoms with van der Waals surface area (Å²) in [5.74, 6) is 0. The van der Waals surface area contributed by atoms with Crippen LogP contribution in [0.2, 0.25) is 10.0 Å². The first-order valence-electron chi connectivity index (χ1n) is 4.20. The maximum absolute atomic E-state index is 6.02. The molecule has 0 fully saturated rings. The number of rotatable bonds is 1. The smallest absolute Gasteiger partial charge is 0.0456 e. The number of hydrogen-bond acceptors (Lipinski definition) is 0. The van der Waals surface area contributed by atoms with E-state index in [1.54, 1.807) is 0 Å². The Labute approximate surface area is 89.9 Å². The normalized spacial score (nSPS) is 11.8. The molecule has 1 aromatic rings. The van der Waals surface area contributed by atoms with Gasteiger partial charge >= 0.3 is 0 Å². The van der Waals surface area contributed by atoms with Gasteiger partial charge in [-0.1, -0.05) is 50.0 Å². The molecule has 0 unspecified atom stereocenters. The summed E-state index contributed by atoms with van der Waals surface area (Å²) in [6, 6.07) is 5.56. The van der Waals surface area contributed by atoms with Crippen LogP contribution in [0.25, 0.3) is 0 Å². The van der Waals surface area contributed by atoms with Crippen LogP contribution in [0.4, 0.5) is 0 Å². The van der Waals surface area contributed by atoms with E-state index in [0.717, 1.165) is 5.56 Å². The topological polar surface area (TPSA) is 0 Å². The van der Waals surface area contributed by atoms with Gasteiger partial charge in [-0.05, 0) is 29.5 Å². The summed E-state index contributed by atoms with van der Waals surface area (Å²) in [6.45, 7) is 6.35. The van der Waals surface area contributed by atoms with Crippen molar-refractivity contribution in [1.29, 1.82) is 0 Å². The molecule has 0 spiro atoms. The van der Waals surface area contributed by atoms with E-state index in [2.05, 4.69) is 27.2 Å². The largest absolute Gasteiger partial charge is 0.0840 e. The van der Waals surface area contributed by atoms with E-state index >= 15 is 0 Å². The zero-order valence-electron chi connectivity index (χ0n) is 8.07. The fourth-order valence-electron chi connectivity index (χ4n) is 1.08. The lowest BCUT2D eigenvalue weighted by molar-refractivity contribution is 0.506. The van der Waals surface area contributed by atoms with Gasteiger partial charge in [-0.25, -0.2) is 0 Å². The fourth-order valence-corrected chi connectivity index (χ4v) is 1.59. The van der Waals surface area contributed by atoms with Crippen molar-refractivity contribution in [2.75, 3.05) is 0 Å². The highest BCUT2D eigenvalue weighted by atomic mass is 35.5. The van der Waals surface area contributed by atoms with Crippen molar-refractivity contribution >= 4 is 23.2 Å². The average Bonchev–Trinajstić information content (AvgIpc) is 1.95. The Morgan fingerprint density at radius 1 is 1.08 bits per heavy atom. The molecule has 2 heteroatoms. The summed E-state index contributed by atoms with van der Waals surface area (Å²) in [4.78, 5) is 0. The molecule has 0 aliphatic heterocycles. The predicted molar refractivity (Wildman–Crippen MR) is 59.3 cm³/mol. The lowest BCUT2D eigenvalue weighted by Gasteiger charge is -2.19. The lowest BCUT2D eigenvalue weighted by atomic mass is 9.88. The summed E-state index contributed by atoms with van der Waals surface area (Å²) in [5, 5.41) is 1.42. The van der Waals surface area contributed by atoms with Crippen LogP contribution in [0.15, 0.2) is 18.2 Å². The third kappa shape index (κ3) is 3.21. The predicted octanol–water partition coefficient (Wildman–Crippen LogP) is 4.59. The second-order valence-electron chi connectivity index (χ2n) is 4.15. The van der Waals surface area contributed by atoms with Gasteiger partial charge in [0.05, 0.1) is 0 Å².